The first kappa shape index (κ1) is 41.8. The quantitative estimate of drug-likeness (QED) is 0.150. The van der Waals surface area contributed by atoms with Crippen molar-refractivity contribution in [2.24, 2.45) is 0 Å². The van der Waals surface area contributed by atoms with Gasteiger partial charge in [-0.2, -0.15) is 15.0 Å². The topological polar surface area (TPSA) is 146 Å². The lowest BCUT2D eigenvalue weighted by atomic mass is 9.97. The molecule has 3 rings (SSSR count). The van der Waals surface area contributed by atoms with Crippen LogP contribution < -0.4 is 17.2 Å². The molecule has 0 radical (unpaired) electrons. The maximum Gasteiger partial charge on any atom is 0.226 e. The molecule has 236 valence electrons. The third kappa shape index (κ3) is 13.8. The molecule has 2 fully saturated rings. The van der Waals surface area contributed by atoms with Crippen LogP contribution in [0.15, 0.2) is 0 Å². The summed E-state index contributed by atoms with van der Waals surface area (Å²) in [6.07, 6.45) is 2.17. The molecule has 2 aliphatic carbocycles. The molecule has 20 heteroatoms. The van der Waals surface area contributed by atoms with E-state index in [9.17, 15) is 0 Å². The van der Waals surface area contributed by atoms with Gasteiger partial charge in [-0.15, -0.1) is 139 Å². The number of anilines is 3. The number of aromatic nitrogens is 3. The minimum absolute atomic E-state index is 0.0417. The number of aliphatic hydroxyl groups excluding tert-OH is 1. The molecule has 1 aromatic heterocycles. The van der Waals surface area contributed by atoms with Crippen LogP contribution in [-0.2, 0) is 4.74 Å². The molecule has 2 aliphatic rings. The Morgan fingerprint density at radius 1 is 0.525 bits per heavy atom. The first-order chi connectivity index (χ1) is 18.5. The van der Waals surface area contributed by atoms with E-state index < -0.39 is 64.5 Å². The van der Waals surface area contributed by atoms with Gasteiger partial charge in [0.05, 0.1) is 64.5 Å². The lowest BCUT2D eigenvalue weighted by Gasteiger charge is -2.37. The Morgan fingerprint density at radius 3 is 0.875 bits per heavy atom. The SMILES string of the molecule is CCCCOCO.ClC1C(Cl)C(Cl)C(Cl)C(Cl)C1Cl.ClC1C(Cl)C(Cl)C(Cl)C(Cl)C1Cl.Nc1nc(N)nc(N)n1. The maximum atomic E-state index is 8.07. The van der Waals surface area contributed by atoms with Gasteiger partial charge in [-0.05, 0) is 6.42 Å². The van der Waals surface area contributed by atoms with Crippen molar-refractivity contribution in [3.8, 4) is 0 Å². The average molecular weight is 812 g/mol. The van der Waals surface area contributed by atoms with E-state index in [1.54, 1.807) is 0 Å². The number of hydrogen-bond acceptors (Lipinski definition) is 8. The standard InChI is InChI=1S/2C6H6Cl6.C5H12O2.C3H6N6/c2*7-1-2(8)4(10)6(12)5(11)3(1)9;1-2-3-4-7-5-6;4-1-7-2(5)9-3(6)8-1/h2*1-6H;6H,2-5H2,1H3;(H6,4,5,6,7,8,9). The first-order valence-corrected chi connectivity index (χ1v) is 16.7. The number of rotatable bonds is 4. The normalized spacial score (nSPS) is 37.0. The molecule has 0 amide bonds. The molecule has 0 aliphatic heterocycles. The van der Waals surface area contributed by atoms with Crippen LogP contribution in [0.4, 0.5) is 17.8 Å². The van der Waals surface area contributed by atoms with E-state index in [1.807, 2.05) is 0 Å². The molecule has 1 aromatic rings. The number of nitrogens with two attached hydrogens (primary N) is 3. The van der Waals surface area contributed by atoms with E-state index in [-0.39, 0.29) is 24.6 Å². The summed E-state index contributed by atoms with van der Waals surface area (Å²) in [6.45, 7) is 2.63. The van der Waals surface area contributed by atoms with Crippen LogP contribution in [0, 0.1) is 0 Å². The van der Waals surface area contributed by atoms with E-state index in [2.05, 4.69) is 26.6 Å². The summed E-state index contributed by atoms with van der Waals surface area (Å²) in [6, 6.07) is 0. The van der Waals surface area contributed by atoms with Gasteiger partial charge in [0.1, 0.15) is 6.79 Å². The Balaban J connectivity index is 0.000000518. The molecular weight excluding hydrogens is 782 g/mol. The highest BCUT2D eigenvalue weighted by atomic mass is 35.5. The van der Waals surface area contributed by atoms with Gasteiger partial charge >= 0.3 is 0 Å². The summed E-state index contributed by atoms with van der Waals surface area (Å²) in [5.74, 6) is 0.125. The minimum Gasteiger partial charge on any atom is -0.371 e. The van der Waals surface area contributed by atoms with Crippen LogP contribution in [-0.4, -0.2) is 98.0 Å². The van der Waals surface area contributed by atoms with E-state index in [0.717, 1.165) is 12.8 Å². The van der Waals surface area contributed by atoms with Crippen LogP contribution in [0.1, 0.15) is 19.8 Å². The monoisotopic (exact) mass is 806 g/mol. The number of unbranched alkanes of at least 4 members (excludes halogenated alkanes) is 1. The summed E-state index contributed by atoms with van der Waals surface area (Å²) in [4.78, 5) is 10.5. The van der Waals surface area contributed by atoms with E-state index in [4.69, 9.17) is 162 Å². The van der Waals surface area contributed by atoms with Gasteiger partial charge < -0.3 is 27.0 Å². The van der Waals surface area contributed by atoms with Gasteiger partial charge in [0.25, 0.3) is 0 Å². The number of nitrogen functional groups attached to an aromatic ring is 3. The predicted octanol–water partition coefficient (Wildman–Crippen LogP) is 6.66. The fourth-order valence-electron chi connectivity index (χ4n) is 2.85. The van der Waals surface area contributed by atoms with Gasteiger partial charge in [-0.1, -0.05) is 13.3 Å². The largest absolute Gasteiger partial charge is 0.371 e. The zero-order chi connectivity index (χ0) is 31.3. The Hall–Kier alpha value is 1.81. The van der Waals surface area contributed by atoms with Crippen molar-refractivity contribution in [1.29, 1.82) is 0 Å². The highest BCUT2D eigenvalue weighted by molar-refractivity contribution is 6.46. The zero-order valence-corrected chi connectivity index (χ0v) is 29.8. The van der Waals surface area contributed by atoms with Gasteiger partial charge in [-0.3, -0.25) is 0 Å². The fourth-order valence-corrected chi connectivity index (χ4v) is 7.50. The van der Waals surface area contributed by atoms with Crippen LogP contribution in [0.25, 0.3) is 0 Å². The Morgan fingerprint density at radius 2 is 0.725 bits per heavy atom. The third-order valence-corrected chi connectivity index (χ3v) is 13.1. The highest BCUT2D eigenvalue weighted by Gasteiger charge is 2.47. The molecule has 0 aromatic carbocycles. The summed E-state index contributed by atoms with van der Waals surface area (Å²) >= 11 is 70.6. The second-order valence-corrected chi connectivity index (χ2v) is 14.2. The van der Waals surface area contributed by atoms with Crippen LogP contribution >= 0.6 is 139 Å². The van der Waals surface area contributed by atoms with Crippen LogP contribution in [0.5, 0.6) is 0 Å². The van der Waals surface area contributed by atoms with E-state index in [0.29, 0.717) is 6.61 Å². The predicted molar refractivity (Wildman–Crippen MR) is 177 cm³/mol. The smallest absolute Gasteiger partial charge is 0.226 e. The summed E-state index contributed by atoms with van der Waals surface area (Å²) < 4.78 is 4.63. The molecular formula is C20H30Cl12N6O2. The molecule has 0 saturated heterocycles. The number of hydrogen-bond donors (Lipinski definition) is 4. The molecule has 0 spiro atoms. The average Bonchev–Trinajstić information content (AvgIpc) is 2.91. The molecule has 2 saturated carbocycles. The van der Waals surface area contributed by atoms with Crippen LogP contribution in [0.2, 0.25) is 0 Å². The molecule has 0 bridgehead atoms. The maximum absolute atomic E-state index is 8.07. The van der Waals surface area contributed by atoms with Crippen molar-refractivity contribution in [2.75, 3.05) is 30.6 Å². The molecule has 7 N–H and O–H groups in total. The number of ether oxygens (including phenoxy) is 1. The van der Waals surface area contributed by atoms with Crippen molar-refractivity contribution in [1.82, 2.24) is 15.0 Å². The molecule has 1 heterocycles. The second-order valence-electron chi connectivity index (χ2n) is 8.13. The molecule has 8 nitrogen and oxygen atoms in total. The number of nitrogens with zero attached hydrogens (tertiary/aromatic N) is 3. The van der Waals surface area contributed by atoms with Gasteiger partial charge in [-0.25, -0.2) is 0 Å². The Bertz CT molecular complexity index is 635. The Kier molecular flexibility index (Phi) is 22.5. The van der Waals surface area contributed by atoms with Crippen molar-refractivity contribution < 1.29 is 9.84 Å². The van der Waals surface area contributed by atoms with Crippen molar-refractivity contribution in [3.05, 3.63) is 0 Å². The van der Waals surface area contributed by atoms with Gasteiger partial charge in [0.2, 0.25) is 17.8 Å². The molecule has 0 atom stereocenters. The van der Waals surface area contributed by atoms with E-state index >= 15 is 0 Å². The lowest BCUT2D eigenvalue weighted by molar-refractivity contribution is -0.00234. The lowest BCUT2D eigenvalue weighted by Crippen LogP contribution is -2.52. The number of aliphatic hydroxyl groups is 1. The van der Waals surface area contributed by atoms with Crippen molar-refractivity contribution in [2.45, 2.75) is 84.3 Å². The highest BCUT2D eigenvalue weighted by Crippen LogP contribution is 2.40. The fraction of sp³-hybridized carbons (Fsp3) is 0.850. The van der Waals surface area contributed by atoms with Crippen molar-refractivity contribution >= 4 is 157 Å². The minimum atomic E-state index is -0.437. The summed E-state index contributed by atoms with van der Waals surface area (Å²) in [5.41, 5.74) is 15.4. The molecule has 0 unspecified atom stereocenters. The zero-order valence-electron chi connectivity index (χ0n) is 20.7. The van der Waals surface area contributed by atoms with Gasteiger partial charge in [0, 0.05) is 6.61 Å². The number of alkyl halides is 12. The summed E-state index contributed by atoms with van der Waals surface area (Å²) in [5, 5.41) is 2.83. The van der Waals surface area contributed by atoms with Crippen molar-refractivity contribution in [3.63, 3.8) is 0 Å². The number of halogens is 12. The van der Waals surface area contributed by atoms with Crippen LogP contribution in [0.3, 0.4) is 0 Å². The molecule has 40 heavy (non-hydrogen) atoms. The van der Waals surface area contributed by atoms with Gasteiger partial charge in [0.15, 0.2) is 0 Å². The van der Waals surface area contributed by atoms with E-state index in [1.165, 1.54) is 0 Å². The summed E-state index contributed by atoms with van der Waals surface area (Å²) in [7, 11) is 0. The first-order valence-electron chi connectivity index (χ1n) is 11.4. The second kappa shape index (κ2) is 21.5. The Labute approximate surface area is 294 Å². The third-order valence-electron chi connectivity index (χ3n) is 5.07.